The Hall–Kier alpha value is -2.45. The summed E-state index contributed by atoms with van der Waals surface area (Å²) in [4.78, 5) is 12.0. The normalized spacial score (nSPS) is 10.5. The number of hydrogen-bond acceptors (Lipinski definition) is 6. The predicted octanol–water partition coefficient (Wildman–Crippen LogP) is 0.144. The third-order valence-corrected chi connectivity index (χ3v) is 2.97. The Labute approximate surface area is 127 Å². The summed E-state index contributed by atoms with van der Waals surface area (Å²) in [5.41, 5.74) is 1.44. The number of nitrogens with one attached hydrogen (secondary N) is 1. The monoisotopic (exact) mass is 306 g/mol. The van der Waals surface area contributed by atoms with Gasteiger partial charge in [0, 0.05) is 13.7 Å². The van der Waals surface area contributed by atoms with Crippen LogP contribution in [0.25, 0.3) is 5.69 Å². The fourth-order valence-corrected chi connectivity index (χ4v) is 1.93. The molecular weight excluding hydrogens is 288 g/mol. The van der Waals surface area contributed by atoms with Crippen LogP contribution in [0.15, 0.2) is 24.3 Å². The lowest BCUT2D eigenvalue weighted by Crippen LogP contribution is -2.27. The van der Waals surface area contributed by atoms with Gasteiger partial charge in [-0.15, -0.1) is 5.10 Å². The molecule has 8 nitrogen and oxygen atoms in total. The van der Waals surface area contributed by atoms with Crippen molar-refractivity contribution in [2.24, 2.45) is 0 Å². The van der Waals surface area contributed by atoms with Gasteiger partial charge in [-0.1, -0.05) is 5.21 Å². The number of ether oxygens (including phenoxy) is 2. The Balaban J connectivity index is 2.34. The highest BCUT2D eigenvalue weighted by molar-refractivity contribution is 5.93. The summed E-state index contributed by atoms with van der Waals surface area (Å²) < 4.78 is 11.8. The van der Waals surface area contributed by atoms with E-state index in [0.717, 1.165) is 11.4 Å². The fourth-order valence-electron chi connectivity index (χ4n) is 1.93. The molecule has 22 heavy (non-hydrogen) atoms. The number of amides is 1. The average molecular weight is 306 g/mol. The van der Waals surface area contributed by atoms with Crippen LogP contribution >= 0.6 is 0 Å². The highest BCUT2D eigenvalue weighted by Crippen LogP contribution is 2.17. The van der Waals surface area contributed by atoms with Gasteiger partial charge in [0.2, 0.25) is 0 Å². The zero-order chi connectivity index (χ0) is 15.9. The Morgan fingerprint density at radius 1 is 1.32 bits per heavy atom. The molecule has 0 saturated carbocycles. The lowest BCUT2D eigenvalue weighted by atomic mass is 10.2. The molecule has 1 heterocycles. The number of carbonyl (C=O) groups excluding carboxylic acids is 1. The van der Waals surface area contributed by atoms with E-state index >= 15 is 0 Å². The first-order valence-corrected chi connectivity index (χ1v) is 6.68. The van der Waals surface area contributed by atoms with Crippen LogP contribution in [0.5, 0.6) is 5.75 Å². The van der Waals surface area contributed by atoms with Gasteiger partial charge in [0.1, 0.15) is 11.4 Å². The van der Waals surface area contributed by atoms with Crippen molar-refractivity contribution in [3.05, 3.63) is 35.7 Å². The SMILES string of the molecule is COCc1c(C(=O)NCCO)nnn1-c1ccc(OC)cc1. The third-order valence-electron chi connectivity index (χ3n) is 2.97. The molecule has 0 aliphatic heterocycles. The van der Waals surface area contributed by atoms with E-state index < -0.39 is 5.91 Å². The number of nitrogens with zero attached hydrogens (tertiary/aromatic N) is 3. The molecule has 118 valence electrons. The van der Waals surface area contributed by atoms with Crippen LogP contribution in [-0.4, -0.2) is 53.4 Å². The molecular formula is C14H18N4O4. The smallest absolute Gasteiger partial charge is 0.273 e. The summed E-state index contributed by atoms with van der Waals surface area (Å²) in [6.07, 6.45) is 0. The fraction of sp³-hybridized carbons (Fsp3) is 0.357. The van der Waals surface area contributed by atoms with E-state index in [1.807, 2.05) is 12.1 Å². The largest absolute Gasteiger partial charge is 0.497 e. The van der Waals surface area contributed by atoms with Crippen LogP contribution in [0, 0.1) is 0 Å². The molecule has 0 saturated heterocycles. The maximum absolute atomic E-state index is 12.0. The van der Waals surface area contributed by atoms with E-state index in [2.05, 4.69) is 15.6 Å². The van der Waals surface area contributed by atoms with Gasteiger partial charge >= 0.3 is 0 Å². The van der Waals surface area contributed by atoms with Gasteiger partial charge in [-0.2, -0.15) is 0 Å². The van der Waals surface area contributed by atoms with Crippen LogP contribution in [0.4, 0.5) is 0 Å². The van der Waals surface area contributed by atoms with Crippen LogP contribution in [-0.2, 0) is 11.3 Å². The minimum atomic E-state index is -0.402. The molecule has 1 amide bonds. The Morgan fingerprint density at radius 2 is 2.05 bits per heavy atom. The molecule has 2 aromatic rings. The van der Waals surface area contributed by atoms with Crippen LogP contribution < -0.4 is 10.1 Å². The zero-order valence-corrected chi connectivity index (χ0v) is 12.4. The molecule has 0 atom stereocenters. The topological polar surface area (TPSA) is 98.5 Å². The molecule has 1 aromatic carbocycles. The highest BCUT2D eigenvalue weighted by atomic mass is 16.5. The quantitative estimate of drug-likeness (QED) is 0.755. The molecule has 2 rings (SSSR count). The number of aliphatic hydroxyl groups excluding tert-OH is 1. The average Bonchev–Trinajstić information content (AvgIpc) is 2.97. The maximum atomic E-state index is 12.0. The second-order valence-electron chi connectivity index (χ2n) is 4.41. The number of benzene rings is 1. The van der Waals surface area contributed by atoms with E-state index in [-0.39, 0.29) is 25.5 Å². The molecule has 0 bridgehead atoms. The first-order chi connectivity index (χ1) is 10.7. The number of rotatable bonds is 7. The summed E-state index contributed by atoms with van der Waals surface area (Å²) in [7, 11) is 3.12. The number of aromatic nitrogens is 3. The van der Waals surface area contributed by atoms with Gasteiger partial charge in [0.25, 0.3) is 5.91 Å². The Bertz CT molecular complexity index is 624. The van der Waals surface area contributed by atoms with E-state index in [4.69, 9.17) is 14.6 Å². The van der Waals surface area contributed by atoms with Crippen molar-refractivity contribution in [1.29, 1.82) is 0 Å². The van der Waals surface area contributed by atoms with Crippen molar-refractivity contribution in [1.82, 2.24) is 20.3 Å². The standard InChI is InChI=1S/C14H18N4O4/c1-21-9-12-13(14(20)15-7-8-19)16-17-18(12)10-3-5-11(22-2)6-4-10/h3-6,19H,7-9H2,1-2H3,(H,15,20). The van der Waals surface area contributed by atoms with E-state index in [1.165, 1.54) is 11.8 Å². The first kappa shape index (κ1) is 15.9. The molecule has 0 fully saturated rings. The van der Waals surface area contributed by atoms with Gasteiger partial charge in [-0.3, -0.25) is 4.79 Å². The molecule has 0 unspecified atom stereocenters. The predicted molar refractivity (Wildman–Crippen MR) is 78.0 cm³/mol. The molecule has 0 radical (unpaired) electrons. The number of carbonyl (C=O) groups is 1. The zero-order valence-electron chi connectivity index (χ0n) is 12.4. The van der Waals surface area contributed by atoms with Crippen LogP contribution in [0.2, 0.25) is 0 Å². The first-order valence-electron chi connectivity index (χ1n) is 6.68. The van der Waals surface area contributed by atoms with Crippen molar-refractivity contribution in [2.45, 2.75) is 6.61 Å². The second kappa shape index (κ2) is 7.53. The number of hydrogen-bond donors (Lipinski definition) is 2. The molecule has 1 aromatic heterocycles. The van der Waals surface area contributed by atoms with Crippen molar-refractivity contribution < 1.29 is 19.4 Å². The Morgan fingerprint density at radius 3 is 2.64 bits per heavy atom. The lowest BCUT2D eigenvalue weighted by Gasteiger charge is -2.08. The van der Waals surface area contributed by atoms with Gasteiger partial charge in [-0.25, -0.2) is 4.68 Å². The van der Waals surface area contributed by atoms with Gasteiger partial charge in [0.05, 0.1) is 26.0 Å². The minimum absolute atomic E-state index is 0.141. The van der Waals surface area contributed by atoms with Crippen molar-refractivity contribution in [2.75, 3.05) is 27.4 Å². The molecule has 2 N–H and O–H groups in total. The summed E-state index contributed by atoms with van der Waals surface area (Å²) in [5.74, 6) is 0.318. The second-order valence-corrected chi connectivity index (χ2v) is 4.41. The van der Waals surface area contributed by atoms with E-state index in [0.29, 0.717) is 5.69 Å². The van der Waals surface area contributed by atoms with E-state index in [1.54, 1.807) is 19.2 Å². The van der Waals surface area contributed by atoms with Crippen LogP contribution in [0.1, 0.15) is 16.2 Å². The molecule has 8 heteroatoms. The molecule has 0 spiro atoms. The summed E-state index contributed by atoms with van der Waals surface area (Å²) in [6.45, 7) is 0.194. The minimum Gasteiger partial charge on any atom is -0.497 e. The maximum Gasteiger partial charge on any atom is 0.273 e. The highest BCUT2D eigenvalue weighted by Gasteiger charge is 2.20. The van der Waals surface area contributed by atoms with Crippen molar-refractivity contribution >= 4 is 5.91 Å². The van der Waals surface area contributed by atoms with Gasteiger partial charge in [-0.05, 0) is 24.3 Å². The number of aliphatic hydroxyl groups is 1. The molecule has 0 aliphatic rings. The van der Waals surface area contributed by atoms with Crippen LogP contribution in [0.3, 0.4) is 0 Å². The summed E-state index contributed by atoms with van der Waals surface area (Å²) in [6, 6.07) is 7.20. The van der Waals surface area contributed by atoms with Crippen molar-refractivity contribution in [3.63, 3.8) is 0 Å². The van der Waals surface area contributed by atoms with Crippen molar-refractivity contribution in [3.8, 4) is 11.4 Å². The van der Waals surface area contributed by atoms with Gasteiger partial charge < -0.3 is 19.9 Å². The summed E-state index contributed by atoms with van der Waals surface area (Å²) >= 11 is 0. The van der Waals surface area contributed by atoms with E-state index in [9.17, 15) is 4.79 Å². The third kappa shape index (κ3) is 3.41. The molecule has 0 aliphatic carbocycles. The number of methoxy groups -OCH3 is 2. The van der Waals surface area contributed by atoms with Gasteiger partial charge in [0.15, 0.2) is 5.69 Å². The Kier molecular flexibility index (Phi) is 5.45. The summed E-state index contributed by atoms with van der Waals surface area (Å²) in [5, 5.41) is 19.3. The lowest BCUT2D eigenvalue weighted by molar-refractivity contribution is 0.0934.